The van der Waals surface area contributed by atoms with E-state index < -0.39 is 6.09 Å². The normalized spacial score (nSPS) is 17.2. The number of benzene rings is 2. The second-order valence-corrected chi connectivity index (χ2v) is 8.13. The fourth-order valence-electron chi connectivity index (χ4n) is 3.50. The van der Waals surface area contributed by atoms with Crippen LogP contribution >= 0.6 is 11.8 Å². The van der Waals surface area contributed by atoms with Crippen molar-refractivity contribution in [2.45, 2.75) is 24.2 Å². The molecule has 2 aromatic carbocycles. The Morgan fingerprint density at radius 3 is 2.50 bits per heavy atom. The Bertz CT molecular complexity index is 1040. The number of likely N-dealkylation sites (tertiary alicyclic amines) is 1. The third-order valence-electron chi connectivity index (χ3n) is 5.07. The van der Waals surface area contributed by atoms with Crippen molar-refractivity contribution in [1.29, 1.82) is 0 Å². The van der Waals surface area contributed by atoms with Crippen LogP contribution in [0.2, 0.25) is 0 Å². The maximum Gasteiger partial charge on any atom is 0.415 e. The zero-order valence-electron chi connectivity index (χ0n) is 16.4. The van der Waals surface area contributed by atoms with Crippen LogP contribution < -0.4 is 9.47 Å². The Morgan fingerprint density at radius 2 is 1.80 bits per heavy atom. The van der Waals surface area contributed by atoms with Gasteiger partial charge in [0.05, 0.1) is 22.5 Å². The van der Waals surface area contributed by atoms with Gasteiger partial charge in [0.15, 0.2) is 11.5 Å². The van der Waals surface area contributed by atoms with Gasteiger partial charge >= 0.3 is 6.09 Å². The van der Waals surface area contributed by atoms with Crippen LogP contribution in [0.15, 0.2) is 40.1 Å². The first-order valence-electron chi connectivity index (χ1n) is 9.62. The van der Waals surface area contributed by atoms with E-state index in [0.29, 0.717) is 45.5 Å². The van der Waals surface area contributed by atoms with Gasteiger partial charge in [0.1, 0.15) is 11.5 Å². The predicted molar refractivity (Wildman–Crippen MR) is 112 cm³/mol. The average Bonchev–Trinajstić information content (AvgIpc) is 3.08. The van der Waals surface area contributed by atoms with Crippen LogP contribution in [-0.2, 0) is 0 Å². The maximum absolute atomic E-state index is 13.0. The minimum Gasteiger partial charge on any atom is -0.504 e. The summed E-state index contributed by atoms with van der Waals surface area (Å²) < 4.78 is 11.0. The number of amides is 1. The van der Waals surface area contributed by atoms with Crippen molar-refractivity contribution in [3.63, 3.8) is 0 Å². The molecule has 1 fully saturated rings. The molecule has 0 atom stereocenters. The first-order chi connectivity index (χ1) is 14.5. The molecule has 0 saturated carbocycles. The molecule has 2 aromatic rings. The third kappa shape index (κ3) is 3.82. The van der Waals surface area contributed by atoms with E-state index >= 15 is 0 Å². The van der Waals surface area contributed by atoms with Gasteiger partial charge < -0.3 is 24.6 Å². The molecule has 0 radical (unpaired) electrons. The topological polar surface area (TPSA) is 96.3 Å². The summed E-state index contributed by atoms with van der Waals surface area (Å²) in [6.07, 6.45) is 4.20. The van der Waals surface area contributed by atoms with Gasteiger partial charge in [0.2, 0.25) is 5.78 Å². The van der Waals surface area contributed by atoms with Gasteiger partial charge in [-0.05, 0) is 55.2 Å². The molecule has 156 valence electrons. The molecular formula is C22H21NO6S. The number of carbonyl (C=O) groups is 2. The van der Waals surface area contributed by atoms with E-state index in [0.717, 1.165) is 19.3 Å². The number of aromatic hydroxyl groups is 2. The van der Waals surface area contributed by atoms with Crippen LogP contribution in [0.3, 0.4) is 0 Å². The molecule has 2 N–H and O–H groups in total. The lowest BCUT2D eigenvalue weighted by atomic mass is 10.1. The molecule has 0 aliphatic carbocycles. The summed E-state index contributed by atoms with van der Waals surface area (Å²) in [4.78, 5) is 28.2. The number of phenols is 2. The quantitative estimate of drug-likeness (QED) is 0.553. The maximum atomic E-state index is 13.0. The molecule has 1 amide bonds. The van der Waals surface area contributed by atoms with Gasteiger partial charge in [0, 0.05) is 13.1 Å². The van der Waals surface area contributed by atoms with E-state index in [9.17, 15) is 19.8 Å². The highest BCUT2D eigenvalue weighted by molar-refractivity contribution is 8.05. The van der Waals surface area contributed by atoms with Crippen LogP contribution in [0, 0.1) is 0 Å². The molecular weight excluding hydrogens is 406 g/mol. The summed E-state index contributed by atoms with van der Waals surface area (Å²) in [5.74, 6) is -0.0466. The highest BCUT2D eigenvalue weighted by atomic mass is 32.2. The van der Waals surface area contributed by atoms with E-state index in [1.165, 1.54) is 31.0 Å². The monoisotopic (exact) mass is 427 g/mol. The second-order valence-electron chi connectivity index (χ2n) is 7.07. The first-order valence-corrected chi connectivity index (χ1v) is 10.4. The molecule has 0 unspecified atom stereocenters. The number of fused-ring (bicyclic) bond motifs is 1. The fourth-order valence-corrected chi connectivity index (χ4v) is 4.62. The average molecular weight is 427 g/mol. The zero-order valence-corrected chi connectivity index (χ0v) is 17.2. The summed E-state index contributed by atoms with van der Waals surface area (Å²) in [6, 6.07) is 7.56. The smallest absolute Gasteiger partial charge is 0.415 e. The van der Waals surface area contributed by atoms with Crippen molar-refractivity contribution in [3.05, 3.63) is 46.4 Å². The fraction of sp³-hybridized carbons (Fsp3) is 0.273. The van der Waals surface area contributed by atoms with Crippen LogP contribution in [0.1, 0.15) is 35.2 Å². The Balaban J connectivity index is 1.65. The van der Waals surface area contributed by atoms with Crippen molar-refractivity contribution >= 4 is 29.7 Å². The molecule has 1 saturated heterocycles. The summed E-state index contributed by atoms with van der Waals surface area (Å²) in [5, 5.41) is 19.2. The molecule has 4 rings (SSSR count). The minimum absolute atomic E-state index is 0.237. The van der Waals surface area contributed by atoms with Crippen LogP contribution in [0.5, 0.6) is 23.0 Å². The second kappa shape index (κ2) is 8.31. The van der Waals surface area contributed by atoms with Gasteiger partial charge in [-0.15, -0.1) is 0 Å². The summed E-state index contributed by atoms with van der Waals surface area (Å²) >= 11 is 1.19. The number of nitrogens with zero attached hydrogens (tertiary/aromatic N) is 1. The zero-order chi connectivity index (χ0) is 21.3. The number of piperidine rings is 1. The number of thioether (sulfide) groups is 1. The molecule has 2 heterocycles. The standard InChI is InChI=1S/C22H21NO6S/c1-28-16-7-8-17(29-22(27)23-9-3-2-4-10-23)21-19(16)20(26)18(30-21)12-13-5-6-14(24)15(25)11-13/h5-8,11-12,24-25H,2-4,9-10H2,1H3/b18-12+. The third-order valence-corrected chi connectivity index (χ3v) is 6.21. The number of phenolic OH excluding ortho intramolecular Hbond substituents is 2. The number of ether oxygens (including phenoxy) is 2. The van der Waals surface area contributed by atoms with E-state index in [4.69, 9.17) is 9.47 Å². The van der Waals surface area contributed by atoms with Crippen molar-refractivity contribution in [3.8, 4) is 23.0 Å². The first kappa shape index (κ1) is 20.2. The van der Waals surface area contributed by atoms with Gasteiger partial charge in [-0.25, -0.2) is 4.79 Å². The molecule has 0 spiro atoms. The number of ketones is 1. The summed E-state index contributed by atoms with van der Waals surface area (Å²) in [6.45, 7) is 1.33. The molecule has 2 aliphatic heterocycles. The number of carbonyl (C=O) groups excluding carboxylic acids is 2. The van der Waals surface area contributed by atoms with Crippen LogP contribution in [0.25, 0.3) is 6.08 Å². The SMILES string of the molecule is COc1ccc(OC(=O)N2CCCCC2)c2c1C(=O)/C(=C\c1ccc(O)c(O)c1)S2. The molecule has 7 nitrogen and oxygen atoms in total. The number of allylic oxidation sites excluding steroid dienone is 1. The molecule has 0 aromatic heterocycles. The van der Waals surface area contributed by atoms with E-state index in [-0.39, 0.29) is 17.3 Å². The Morgan fingerprint density at radius 1 is 1.07 bits per heavy atom. The molecule has 2 aliphatic rings. The Labute approximate surface area is 177 Å². The lowest BCUT2D eigenvalue weighted by Gasteiger charge is -2.26. The van der Waals surface area contributed by atoms with Gasteiger partial charge in [-0.1, -0.05) is 17.8 Å². The van der Waals surface area contributed by atoms with Gasteiger partial charge in [-0.3, -0.25) is 4.79 Å². The van der Waals surface area contributed by atoms with E-state index in [2.05, 4.69) is 0 Å². The molecule has 8 heteroatoms. The highest BCUT2D eigenvalue weighted by Gasteiger charge is 2.34. The van der Waals surface area contributed by atoms with Crippen LogP contribution in [-0.4, -0.2) is 47.2 Å². The summed E-state index contributed by atoms with van der Waals surface area (Å²) in [5.41, 5.74) is 0.903. The van der Waals surface area contributed by atoms with Crippen molar-refractivity contribution in [2.24, 2.45) is 0 Å². The Kier molecular flexibility index (Phi) is 5.59. The van der Waals surface area contributed by atoms with E-state index in [1.54, 1.807) is 29.2 Å². The van der Waals surface area contributed by atoms with Crippen molar-refractivity contribution in [2.75, 3.05) is 20.2 Å². The summed E-state index contributed by atoms with van der Waals surface area (Å²) in [7, 11) is 1.48. The van der Waals surface area contributed by atoms with E-state index in [1.807, 2.05) is 0 Å². The van der Waals surface area contributed by atoms with Gasteiger partial charge in [0.25, 0.3) is 0 Å². The van der Waals surface area contributed by atoms with Gasteiger partial charge in [-0.2, -0.15) is 0 Å². The molecule has 0 bridgehead atoms. The number of rotatable bonds is 3. The number of methoxy groups -OCH3 is 1. The number of Topliss-reactive ketones (excluding diaryl/α,β-unsaturated/α-hetero) is 1. The predicted octanol–water partition coefficient (Wildman–Crippen LogP) is 4.42. The largest absolute Gasteiger partial charge is 0.504 e. The Hall–Kier alpha value is -3.13. The highest BCUT2D eigenvalue weighted by Crippen LogP contribution is 2.49. The molecule has 30 heavy (non-hydrogen) atoms. The lowest BCUT2D eigenvalue weighted by Crippen LogP contribution is -2.37. The number of hydrogen-bond acceptors (Lipinski definition) is 7. The van der Waals surface area contributed by atoms with Crippen molar-refractivity contribution in [1.82, 2.24) is 4.90 Å². The minimum atomic E-state index is -0.420. The van der Waals surface area contributed by atoms with Crippen molar-refractivity contribution < 1.29 is 29.3 Å². The lowest BCUT2D eigenvalue weighted by molar-refractivity contribution is 0.103. The van der Waals surface area contributed by atoms with Crippen LogP contribution in [0.4, 0.5) is 4.79 Å². The number of hydrogen-bond donors (Lipinski definition) is 2.